The van der Waals surface area contributed by atoms with Crippen molar-refractivity contribution < 1.29 is 54.2 Å². The molecule has 0 atom stereocenters. The lowest BCUT2D eigenvalue weighted by molar-refractivity contribution is -0.357. The summed E-state index contributed by atoms with van der Waals surface area (Å²) in [5.74, 6) is -3.15. The fourth-order valence-corrected chi connectivity index (χ4v) is 1.67. The van der Waals surface area contributed by atoms with Crippen LogP contribution < -0.4 is 0 Å². The molecular weight excluding hydrogens is 399 g/mol. The average molecular weight is 405 g/mol. The fourth-order valence-electron chi connectivity index (χ4n) is 1.50. The smallest absolute Gasteiger partial charge is 0.437 e. The standard InChI is InChI=1S/C12H6ClF9O3/c13-7-2-1-6(10(14,15)16)3-5(7)4-25-8(23)9(24,11(17,18)19)12(20,21)22/h1-3,24H,4H2. The molecular formula is C12H6ClF9O3. The molecule has 1 N–H and O–H groups in total. The molecule has 0 saturated heterocycles. The van der Waals surface area contributed by atoms with Gasteiger partial charge in [-0.1, -0.05) is 11.6 Å². The SMILES string of the molecule is O=C(OCc1cc(C(F)(F)F)ccc1Cl)C(O)(C(F)(F)F)C(F)(F)F. The van der Waals surface area contributed by atoms with Crippen molar-refractivity contribution in [1.82, 2.24) is 0 Å². The van der Waals surface area contributed by atoms with E-state index < -0.39 is 52.9 Å². The largest absolute Gasteiger partial charge is 0.458 e. The maximum Gasteiger partial charge on any atom is 0.437 e. The zero-order valence-electron chi connectivity index (χ0n) is 11.5. The molecule has 1 aromatic carbocycles. The molecule has 0 heterocycles. The van der Waals surface area contributed by atoms with E-state index in [9.17, 15) is 44.3 Å². The quantitative estimate of drug-likeness (QED) is 0.605. The number of carbonyl (C=O) groups is 1. The van der Waals surface area contributed by atoms with E-state index in [0.29, 0.717) is 12.1 Å². The second kappa shape index (κ2) is 6.56. The fraction of sp³-hybridized carbons (Fsp3) is 0.417. The number of ether oxygens (including phenoxy) is 1. The van der Waals surface area contributed by atoms with Crippen LogP contribution in [0, 0.1) is 0 Å². The minimum atomic E-state index is -6.47. The van der Waals surface area contributed by atoms with Gasteiger partial charge in [-0.2, -0.15) is 39.5 Å². The van der Waals surface area contributed by atoms with E-state index in [0.717, 1.165) is 0 Å². The van der Waals surface area contributed by atoms with E-state index in [4.69, 9.17) is 16.7 Å². The Hall–Kier alpha value is -1.69. The number of aliphatic hydroxyl groups is 1. The van der Waals surface area contributed by atoms with Gasteiger partial charge in [0.25, 0.3) is 0 Å². The molecule has 13 heteroatoms. The van der Waals surface area contributed by atoms with Crippen LogP contribution in [0.3, 0.4) is 0 Å². The van der Waals surface area contributed by atoms with Gasteiger partial charge in [0, 0.05) is 10.6 Å². The van der Waals surface area contributed by atoms with Gasteiger partial charge >= 0.3 is 30.1 Å². The normalized spacial score (nSPS) is 13.7. The lowest BCUT2D eigenvalue weighted by Gasteiger charge is -2.29. The summed E-state index contributed by atoms with van der Waals surface area (Å²) in [5, 5.41) is 8.24. The molecule has 0 aliphatic heterocycles. The second-order valence-corrected chi connectivity index (χ2v) is 4.99. The monoisotopic (exact) mass is 404 g/mol. The van der Waals surface area contributed by atoms with Gasteiger partial charge in [0.05, 0.1) is 5.56 Å². The lowest BCUT2D eigenvalue weighted by Crippen LogP contribution is -2.62. The van der Waals surface area contributed by atoms with E-state index in [1.54, 1.807) is 0 Å². The van der Waals surface area contributed by atoms with Crippen LogP contribution in [0.15, 0.2) is 18.2 Å². The van der Waals surface area contributed by atoms with Crippen LogP contribution in [0.5, 0.6) is 0 Å². The highest BCUT2D eigenvalue weighted by Crippen LogP contribution is 2.44. The van der Waals surface area contributed by atoms with Crippen molar-refractivity contribution >= 4 is 17.6 Å². The Bertz CT molecular complexity index is 635. The summed E-state index contributed by atoms with van der Waals surface area (Å²) < 4.78 is 116. The molecule has 0 aliphatic carbocycles. The van der Waals surface area contributed by atoms with Crippen molar-refractivity contribution in [3.05, 3.63) is 34.3 Å². The number of carbonyl (C=O) groups excluding carboxylic acids is 1. The van der Waals surface area contributed by atoms with Gasteiger partial charge in [0.2, 0.25) is 0 Å². The minimum Gasteiger partial charge on any atom is -0.458 e. The van der Waals surface area contributed by atoms with Crippen LogP contribution in [0.4, 0.5) is 39.5 Å². The molecule has 142 valence electrons. The van der Waals surface area contributed by atoms with Crippen molar-refractivity contribution in [3.8, 4) is 0 Å². The Morgan fingerprint density at radius 2 is 1.48 bits per heavy atom. The van der Waals surface area contributed by atoms with E-state index in [-0.39, 0.29) is 6.07 Å². The van der Waals surface area contributed by atoms with Gasteiger partial charge in [0.1, 0.15) is 6.61 Å². The Balaban J connectivity index is 3.10. The van der Waals surface area contributed by atoms with Crippen molar-refractivity contribution in [3.63, 3.8) is 0 Å². The Kier molecular flexibility index (Phi) is 5.60. The molecule has 0 fully saturated rings. The molecule has 0 spiro atoms. The molecule has 0 unspecified atom stereocenters. The topological polar surface area (TPSA) is 46.5 Å². The predicted molar refractivity (Wildman–Crippen MR) is 63.3 cm³/mol. The molecule has 1 rings (SSSR count). The molecule has 0 saturated carbocycles. The number of esters is 1. The van der Waals surface area contributed by atoms with Gasteiger partial charge in [-0.05, 0) is 18.2 Å². The summed E-state index contributed by atoms with van der Waals surface area (Å²) >= 11 is 5.46. The summed E-state index contributed by atoms with van der Waals surface area (Å²) in [4.78, 5) is 11.1. The van der Waals surface area contributed by atoms with Crippen LogP contribution in [0.2, 0.25) is 5.02 Å². The third-order valence-electron chi connectivity index (χ3n) is 2.85. The van der Waals surface area contributed by atoms with Gasteiger partial charge in [-0.25, -0.2) is 4.79 Å². The summed E-state index contributed by atoms with van der Waals surface area (Å²) in [6.45, 7) is -1.46. The molecule has 0 bridgehead atoms. The van der Waals surface area contributed by atoms with E-state index in [1.807, 2.05) is 0 Å². The first kappa shape index (κ1) is 21.4. The number of alkyl halides is 9. The summed E-state index contributed by atoms with van der Waals surface area (Å²) in [5.41, 5.74) is -7.88. The maximum absolute atomic E-state index is 12.5. The van der Waals surface area contributed by atoms with Crippen molar-refractivity contribution in [2.75, 3.05) is 0 Å². The first-order valence-electron chi connectivity index (χ1n) is 5.90. The van der Waals surface area contributed by atoms with Crippen molar-refractivity contribution in [1.29, 1.82) is 0 Å². The highest BCUT2D eigenvalue weighted by molar-refractivity contribution is 6.31. The highest BCUT2D eigenvalue weighted by atomic mass is 35.5. The van der Waals surface area contributed by atoms with Crippen LogP contribution >= 0.6 is 11.6 Å². The zero-order chi connectivity index (χ0) is 19.8. The number of hydrogen-bond acceptors (Lipinski definition) is 3. The highest BCUT2D eigenvalue weighted by Gasteiger charge is 2.76. The first-order chi connectivity index (χ1) is 11.0. The number of hydrogen-bond donors (Lipinski definition) is 1. The minimum absolute atomic E-state index is 0.274. The van der Waals surface area contributed by atoms with Gasteiger partial charge in [-0.3, -0.25) is 0 Å². The lowest BCUT2D eigenvalue weighted by atomic mass is 10.0. The van der Waals surface area contributed by atoms with Crippen LogP contribution in [-0.2, 0) is 22.3 Å². The van der Waals surface area contributed by atoms with Crippen LogP contribution in [0.25, 0.3) is 0 Å². The molecule has 1 aromatic rings. The second-order valence-electron chi connectivity index (χ2n) is 4.59. The number of rotatable bonds is 3. The van der Waals surface area contributed by atoms with E-state index >= 15 is 0 Å². The Morgan fingerprint density at radius 3 is 1.88 bits per heavy atom. The molecule has 25 heavy (non-hydrogen) atoms. The first-order valence-corrected chi connectivity index (χ1v) is 6.28. The molecule has 3 nitrogen and oxygen atoms in total. The Labute approximate surface area is 137 Å². The van der Waals surface area contributed by atoms with E-state index in [1.165, 1.54) is 0 Å². The number of halogens is 10. The van der Waals surface area contributed by atoms with Gasteiger partial charge in [0.15, 0.2) is 0 Å². The average Bonchev–Trinajstić information content (AvgIpc) is 2.41. The van der Waals surface area contributed by atoms with Crippen molar-refractivity contribution in [2.24, 2.45) is 0 Å². The molecule has 0 amide bonds. The number of benzene rings is 1. The third-order valence-corrected chi connectivity index (χ3v) is 3.22. The van der Waals surface area contributed by atoms with Gasteiger partial charge in [-0.15, -0.1) is 0 Å². The molecule has 0 radical (unpaired) electrons. The van der Waals surface area contributed by atoms with Crippen molar-refractivity contribution in [2.45, 2.75) is 30.7 Å². The Morgan fingerprint density at radius 1 is 1.00 bits per heavy atom. The van der Waals surface area contributed by atoms with E-state index in [2.05, 4.69) is 4.74 Å². The van der Waals surface area contributed by atoms with Gasteiger partial charge < -0.3 is 9.84 Å². The summed E-state index contributed by atoms with van der Waals surface area (Å²) in [6.07, 6.45) is -17.8. The van der Waals surface area contributed by atoms with Crippen LogP contribution in [0.1, 0.15) is 11.1 Å². The molecule has 0 aromatic heterocycles. The predicted octanol–water partition coefficient (Wildman–Crippen LogP) is 4.26. The summed E-state index contributed by atoms with van der Waals surface area (Å²) in [7, 11) is 0. The summed E-state index contributed by atoms with van der Waals surface area (Å²) in [6, 6.07) is 1.43. The third kappa shape index (κ3) is 4.29. The van der Waals surface area contributed by atoms with Crippen LogP contribution in [-0.4, -0.2) is 29.0 Å². The zero-order valence-corrected chi connectivity index (χ0v) is 12.2. The maximum atomic E-state index is 12.5. The molecule has 0 aliphatic rings.